The maximum Gasteiger partial charge on any atom is 0.416 e. The number of halogens is 5. The lowest BCUT2D eigenvalue weighted by Gasteiger charge is -2.51. The van der Waals surface area contributed by atoms with Crippen LogP contribution in [0.3, 0.4) is 0 Å². The van der Waals surface area contributed by atoms with Crippen molar-refractivity contribution in [2.45, 2.75) is 42.0 Å². The largest absolute Gasteiger partial charge is 0.416 e. The highest BCUT2D eigenvalue weighted by molar-refractivity contribution is 7.92. The van der Waals surface area contributed by atoms with Crippen LogP contribution in [-0.4, -0.2) is 67.2 Å². The predicted octanol–water partition coefficient (Wildman–Crippen LogP) is 4.08. The standard InChI is InChI=1S/C26H28F5N5O3S/c1-35(2)25(9-6-17-4-3-5-18(12-17)26(29,30)31)15-36(11-8-22(25)37)19-13-20(27)24(21(28)14-19)40(38,39)34-23-7-10-32-16-33-23/h3-5,7,10,12-14,16,22,37H,6,8-9,11,15H2,1-2H3,(H,32,33,34)/t22-,25-/m1/s1. The summed E-state index contributed by atoms with van der Waals surface area (Å²) in [6, 6.07) is 7.98. The lowest BCUT2D eigenvalue weighted by molar-refractivity contribution is -0.137. The molecule has 2 atom stereocenters. The Bertz CT molecular complexity index is 1430. The van der Waals surface area contributed by atoms with Crippen molar-refractivity contribution < 1.29 is 35.5 Å². The Balaban J connectivity index is 1.59. The van der Waals surface area contributed by atoms with Gasteiger partial charge in [-0.05, 0) is 63.2 Å². The van der Waals surface area contributed by atoms with Crippen molar-refractivity contribution >= 4 is 21.5 Å². The summed E-state index contributed by atoms with van der Waals surface area (Å²) >= 11 is 0. The van der Waals surface area contributed by atoms with Crippen molar-refractivity contribution in [1.82, 2.24) is 14.9 Å². The number of likely N-dealkylation sites (N-methyl/N-ethyl adjacent to an activating group) is 1. The third-order valence-corrected chi connectivity index (χ3v) is 8.59. The molecule has 1 saturated heterocycles. The van der Waals surface area contributed by atoms with Crippen LogP contribution in [-0.2, 0) is 22.6 Å². The van der Waals surface area contributed by atoms with E-state index in [2.05, 4.69) is 9.97 Å². The zero-order valence-electron chi connectivity index (χ0n) is 21.7. The fraction of sp³-hybridized carbons (Fsp3) is 0.385. The molecular weight excluding hydrogens is 557 g/mol. The summed E-state index contributed by atoms with van der Waals surface area (Å²) in [5.74, 6) is -2.80. The van der Waals surface area contributed by atoms with Gasteiger partial charge in [-0.3, -0.25) is 9.62 Å². The van der Waals surface area contributed by atoms with Crippen molar-refractivity contribution in [2.75, 3.05) is 36.8 Å². The number of hydrogen-bond acceptors (Lipinski definition) is 7. The van der Waals surface area contributed by atoms with Gasteiger partial charge in [-0.15, -0.1) is 0 Å². The van der Waals surface area contributed by atoms with Gasteiger partial charge in [0.2, 0.25) is 0 Å². The fourth-order valence-electron chi connectivity index (χ4n) is 4.98. The average molecular weight is 586 g/mol. The first-order valence-electron chi connectivity index (χ1n) is 12.3. The number of anilines is 2. The van der Waals surface area contributed by atoms with E-state index in [0.717, 1.165) is 30.6 Å². The topological polar surface area (TPSA) is 98.7 Å². The average Bonchev–Trinajstić information content (AvgIpc) is 2.87. The van der Waals surface area contributed by atoms with Gasteiger partial charge in [-0.25, -0.2) is 27.2 Å². The first-order chi connectivity index (χ1) is 18.7. The summed E-state index contributed by atoms with van der Waals surface area (Å²) in [7, 11) is -1.22. The van der Waals surface area contributed by atoms with Gasteiger partial charge >= 0.3 is 6.18 Å². The van der Waals surface area contributed by atoms with Crippen LogP contribution in [0.5, 0.6) is 0 Å². The summed E-state index contributed by atoms with van der Waals surface area (Å²) in [5, 5.41) is 11.0. The number of nitrogens with one attached hydrogen (secondary N) is 1. The molecule has 2 N–H and O–H groups in total. The second-order valence-corrected chi connectivity index (χ2v) is 11.5. The lowest BCUT2D eigenvalue weighted by atomic mass is 9.79. The van der Waals surface area contributed by atoms with E-state index in [1.807, 2.05) is 4.72 Å². The minimum Gasteiger partial charge on any atom is -0.391 e. The van der Waals surface area contributed by atoms with Crippen molar-refractivity contribution in [2.24, 2.45) is 0 Å². The van der Waals surface area contributed by atoms with E-state index in [9.17, 15) is 26.7 Å². The van der Waals surface area contributed by atoms with Gasteiger partial charge in [0.05, 0.1) is 17.2 Å². The minimum atomic E-state index is -4.66. The fourth-order valence-corrected chi connectivity index (χ4v) is 6.11. The molecule has 2 aromatic carbocycles. The molecule has 1 aliphatic heterocycles. The molecule has 8 nitrogen and oxygen atoms in total. The normalized spacial score (nSPS) is 20.1. The number of benzene rings is 2. The molecule has 1 fully saturated rings. The predicted molar refractivity (Wildman–Crippen MR) is 138 cm³/mol. The highest BCUT2D eigenvalue weighted by Gasteiger charge is 2.45. The second kappa shape index (κ2) is 11.3. The molecule has 0 bridgehead atoms. The first-order valence-corrected chi connectivity index (χ1v) is 13.8. The van der Waals surface area contributed by atoms with Crippen molar-refractivity contribution in [1.29, 1.82) is 0 Å². The molecule has 14 heteroatoms. The minimum absolute atomic E-state index is 0.0631. The molecule has 0 unspecified atom stereocenters. The number of aliphatic hydroxyl groups excluding tert-OH is 1. The van der Waals surface area contributed by atoms with Crippen LogP contribution in [0.25, 0.3) is 0 Å². The number of aromatic nitrogens is 2. The summed E-state index contributed by atoms with van der Waals surface area (Å²) < 4.78 is 97.2. The molecule has 1 aromatic heterocycles. The van der Waals surface area contributed by atoms with Gasteiger partial charge in [0.25, 0.3) is 10.0 Å². The van der Waals surface area contributed by atoms with Crippen molar-refractivity contribution in [3.8, 4) is 0 Å². The maximum atomic E-state index is 15.1. The van der Waals surface area contributed by atoms with Crippen LogP contribution in [0.2, 0.25) is 0 Å². The number of hydrogen-bond donors (Lipinski definition) is 2. The molecule has 0 saturated carbocycles. The van der Waals surface area contributed by atoms with E-state index in [4.69, 9.17) is 0 Å². The quantitative estimate of drug-likeness (QED) is 0.385. The Labute approximate surface area is 228 Å². The van der Waals surface area contributed by atoms with E-state index < -0.39 is 49.9 Å². The highest BCUT2D eigenvalue weighted by atomic mass is 32.2. The Kier molecular flexibility index (Phi) is 8.33. The van der Waals surface area contributed by atoms with Crippen LogP contribution < -0.4 is 9.62 Å². The molecule has 216 valence electrons. The van der Waals surface area contributed by atoms with Crippen LogP contribution in [0.1, 0.15) is 24.0 Å². The van der Waals surface area contributed by atoms with Crippen LogP contribution in [0.4, 0.5) is 33.5 Å². The zero-order chi connectivity index (χ0) is 29.3. The molecule has 2 heterocycles. The number of sulfonamides is 1. The molecule has 40 heavy (non-hydrogen) atoms. The summed E-state index contributed by atoms with van der Waals surface area (Å²) in [6.07, 6.45) is -2.37. The van der Waals surface area contributed by atoms with Crippen LogP contribution in [0, 0.1) is 11.6 Å². The molecule has 0 amide bonds. The van der Waals surface area contributed by atoms with E-state index in [1.165, 1.54) is 18.3 Å². The van der Waals surface area contributed by atoms with Gasteiger partial charge in [-0.1, -0.05) is 18.2 Å². The van der Waals surface area contributed by atoms with Crippen molar-refractivity contribution in [3.63, 3.8) is 0 Å². The third kappa shape index (κ3) is 6.18. The molecule has 3 aromatic rings. The van der Waals surface area contributed by atoms with E-state index in [0.29, 0.717) is 5.56 Å². The highest BCUT2D eigenvalue weighted by Crippen LogP contribution is 2.36. The number of nitrogens with zero attached hydrogens (tertiary/aromatic N) is 4. The third-order valence-electron chi connectivity index (χ3n) is 7.19. The smallest absolute Gasteiger partial charge is 0.391 e. The second-order valence-electron chi connectivity index (χ2n) is 9.86. The maximum absolute atomic E-state index is 15.1. The Morgan fingerprint density at radius 2 is 1.85 bits per heavy atom. The Hall–Kier alpha value is -3.36. The molecule has 1 aliphatic rings. The summed E-state index contributed by atoms with van der Waals surface area (Å²) in [6.45, 7) is 0.300. The van der Waals surface area contributed by atoms with Crippen molar-refractivity contribution in [3.05, 3.63) is 77.8 Å². The lowest BCUT2D eigenvalue weighted by Crippen LogP contribution is -2.64. The first kappa shape index (κ1) is 29.6. The molecule has 4 rings (SSSR count). The van der Waals surface area contributed by atoms with E-state index >= 15 is 8.78 Å². The van der Waals surface area contributed by atoms with Crippen LogP contribution >= 0.6 is 0 Å². The summed E-state index contributed by atoms with van der Waals surface area (Å²) in [4.78, 5) is 9.56. The van der Waals surface area contributed by atoms with E-state index in [1.54, 1.807) is 30.0 Å². The van der Waals surface area contributed by atoms with Gasteiger partial charge in [0, 0.05) is 25.0 Å². The van der Waals surface area contributed by atoms with Gasteiger partial charge in [0.1, 0.15) is 23.8 Å². The van der Waals surface area contributed by atoms with Gasteiger partial charge in [-0.2, -0.15) is 13.2 Å². The number of aryl methyl sites for hydroxylation is 1. The SMILES string of the molecule is CN(C)[C@]1(CCc2cccc(C(F)(F)F)c2)CN(c2cc(F)c(S(=O)(=O)Nc3ccncn3)c(F)c2)CC[C@H]1O. The summed E-state index contributed by atoms with van der Waals surface area (Å²) in [5.41, 5.74) is -1.25. The van der Waals surface area contributed by atoms with Gasteiger partial charge in [0.15, 0.2) is 4.90 Å². The number of alkyl halides is 3. The van der Waals surface area contributed by atoms with Gasteiger partial charge < -0.3 is 10.0 Å². The molecule has 0 spiro atoms. The Morgan fingerprint density at radius 3 is 2.45 bits per heavy atom. The monoisotopic (exact) mass is 585 g/mol. The molecule has 0 aliphatic carbocycles. The zero-order valence-corrected chi connectivity index (χ0v) is 22.5. The number of piperidine rings is 1. The molecule has 0 radical (unpaired) electrons. The Morgan fingerprint density at radius 1 is 1.15 bits per heavy atom. The van der Waals surface area contributed by atoms with Crippen LogP contribution in [0.15, 0.2) is 59.9 Å². The number of rotatable bonds is 8. The molecular formula is C26H28F5N5O3S. The number of aliphatic hydroxyl groups is 1. The van der Waals surface area contributed by atoms with E-state index in [-0.39, 0.29) is 43.9 Å².